The van der Waals surface area contributed by atoms with Crippen molar-refractivity contribution in [3.63, 3.8) is 0 Å². The molecule has 22 heavy (non-hydrogen) atoms. The van der Waals surface area contributed by atoms with Gasteiger partial charge in [-0.15, -0.1) is 0 Å². The zero-order valence-corrected chi connectivity index (χ0v) is 12.2. The Balaban J connectivity index is 2.37. The topological polar surface area (TPSA) is 110 Å². The fourth-order valence-electron chi connectivity index (χ4n) is 1.98. The average Bonchev–Trinajstić information content (AvgIpc) is 2.53. The summed E-state index contributed by atoms with van der Waals surface area (Å²) < 4.78 is 27.0. The summed E-state index contributed by atoms with van der Waals surface area (Å²) in [5, 5.41) is 20.4. The Morgan fingerprint density at radius 1 is 1.09 bits per heavy atom. The van der Waals surface area contributed by atoms with Gasteiger partial charge in [-0.25, -0.2) is 13.1 Å². The van der Waals surface area contributed by atoms with Gasteiger partial charge in [-0.05, 0) is 11.6 Å². The minimum atomic E-state index is -4.15. The van der Waals surface area contributed by atoms with Gasteiger partial charge >= 0.3 is 0 Å². The van der Waals surface area contributed by atoms with E-state index in [1.54, 1.807) is 30.3 Å². The molecule has 7 nitrogen and oxygen atoms in total. The number of nitro groups is 1. The Kier molecular flexibility index (Phi) is 4.86. The van der Waals surface area contributed by atoms with E-state index in [1.165, 1.54) is 12.1 Å². The monoisotopic (exact) mass is 322 g/mol. The highest BCUT2D eigenvalue weighted by atomic mass is 32.2. The van der Waals surface area contributed by atoms with Crippen LogP contribution in [0.15, 0.2) is 59.5 Å². The first kappa shape index (κ1) is 16.1. The molecule has 0 aliphatic heterocycles. The van der Waals surface area contributed by atoms with Gasteiger partial charge in [-0.3, -0.25) is 10.1 Å². The van der Waals surface area contributed by atoms with Gasteiger partial charge in [0.05, 0.1) is 17.6 Å². The van der Waals surface area contributed by atoms with Crippen LogP contribution in [-0.2, 0) is 10.0 Å². The second-order valence-corrected chi connectivity index (χ2v) is 6.17. The van der Waals surface area contributed by atoms with Gasteiger partial charge in [0.2, 0.25) is 10.0 Å². The Labute approximate surface area is 127 Å². The molecule has 0 aromatic heterocycles. The Morgan fingerprint density at radius 3 is 2.27 bits per heavy atom. The molecule has 0 spiro atoms. The summed E-state index contributed by atoms with van der Waals surface area (Å²) in [6, 6.07) is 12.7. The number of hydrogen-bond donors (Lipinski definition) is 2. The molecule has 116 valence electrons. The molecule has 1 atom stereocenters. The number of sulfonamides is 1. The van der Waals surface area contributed by atoms with Crippen LogP contribution in [0.3, 0.4) is 0 Å². The normalized spacial score (nSPS) is 12.8. The predicted octanol–water partition coefficient (Wildman–Crippen LogP) is 1.61. The lowest BCUT2D eigenvalue weighted by molar-refractivity contribution is -0.387. The van der Waals surface area contributed by atoms with E-state index in [0.717, 1.165) is 12.1 Å². The molecule has 0 unspecified atom stereocenters. The largest absolute Gasteiger partial charge is 0.394 e. The molecular formula is C14H14N2O5S. The lowest BCUT2D eigenvalue weighted by Gasteiger charge is -2.16. The second kappa shape index (κ2) is 6.65. The maximum Gasteiger partial charge on any atom is 0.289 e. The van der Waals surface area contributed by atoms with Crippen molar-refractivity contribution in [3.8, 4) is 0 Å². The van der Waals surface area contributed by atoms with Crippen LogP contribution in [0.1, 0.15) is 11.6 Å². The van der Waals surface area contributed by atoms with Crippen LogP contribution >= 0.6 is 0 Å². The molecule has 0 radical (unpaired) electrons. The molecule has 2 aromatic carbocycles. The van der Waals surface area contributed by atoms with Crippen molar-refractivity contribution in [3.05, 3.63) is 70.3 Å². The van der Waals surface area contributed by atoms with E-state index in [0.29, 0.717) is 5.56 Å². The summed E-state index contributed by atoms with van der Waals surface area (Å²) in [6.07, 6.45) is 0. The average molecular weight is 322 g/mol. The van der Waals surface area contributed by atoms with E-state index < -0.39 is 38.2 Å². The van der Waals surface area contributed by atoms with Gasteiger partial charge < -0.3 is 5.11 Å². The van der Waals surface area contributed by atoms with Crippen molar-refractivity contribution < 1.29 is 18.4 Å². The number of para-hydroxylation sites is 1. The number of nitrogens with zero attached hydrogens (tertiary/aromatic N) is 1. The number of rotatable bonds is 6. The first-order valence-corrected chi connectivity index (χ1v) is 7.85. The van der Waals surface area contributed by atoms with Crippen LogP contribution in [0.4, 0.5) is 5.69 Å². The number of nitro benzene ring substituents is 1. The SMILES string of the molecule is O=[N+]([O-])c1ccccc1S(=O)(=O)N[C@@H](CO)c1ccccc1. The Bertz CT molecular complexity index is 762. The van der Waals surface area contributed by atoms with Crippen molar-refractivity contribution in [2.45, 2.75) is 10.9 Å². The van der Waals surface area contributed by atoms with Gasteiger partial charge in [0.15, 0.2) is 4.90 Å². The van der Waals surface area contributed by atoms with Crippen molar-refractivity contribution in [1.29, 1.82) is 0 Å². The Morgan fingerprint density at radius 2 is 1.68 bits per heavy atom. The third-order valence-corrected chi connectivity index (χ3v) is 4.55. The lowest BCUT2D eigenvalue weighted by atomic mass is 10.1. The summed E-state index contributed by atoms with van der Waals surface area (Å²) in [4.78, 5) is 9.76. The molecule has 0 aliphatic carbocycles. The van der Waals surface area contributed by atoms with Crippen LogP contribution in [0.2, 0.25) is 0 Å². The van der Waals surface area contributed by atoms with Crippen LogP contribution in [0.25, 0.3) is 0 Å². The zero-order chi connectivity index (χ0) is 16.2. The summed E-state index contributed by atoms with van der Waals surface area (Å²) in [5.74, 6) is 0. The predicted molar refractivity (Wildman–Crippen MR) is 79.7 cm³/mol. The van der Waals surface area contributed by atoms with Crippen LogP contribution in [0.5, 0.6) is 0 Å². The van der Waals surface area contributed by atoms with Gasteiger partial charge in [0.25, 0.3) is 5.69 Å². The standard InChI is InChI=1S/C14H14N2O5S/c17-10-12(11-6-2-1-3-7-11)15-22(20,21)14-9-5-4-8-13(14)16(18)19/h1-9,12,15,17H,10H2/t12-/m0/s1. The molecular weight excluding hydrogens is 308 g/mol. The van der Waals surface area contributed by atoms with E-state index in [4.69, 9.17) is 0 Å². The van der Waals surface area contributed by atoms with Crippen LogP contribution in [-0.4, -0.2) is 25.1 Å². The van der Waals surface area contributed by atoms with Crippen molar-refractivity contribution >= 4 is 15.7 Å². The molecule has 0 heterocycles. The molecule has 0 saturated carbocycles. The van der Waals surface area contributed by atoms with Gasteiger partial charge in [-0.2, -0.15) is 0 Å². The number of aliphatic hydroxyl groups excluding tert-OH is 1. The van der Waals surface area contributed by atoms with E-state index in [1.807, 2.05) is 0 Å². The van der Waals surface area contributed by atoms with E-state index >= 15 is 0 Å². The summed E-state index contributed by atoms with van der Waals surface area (Å²) in [6.45, 7) is -0.468. The zero-order valence-electron chi connectivity index (χ0n) is 11.4. The fourth-order valence-corrected chi connectivity index (χ4v) is 3.37. The van der Waals surface area contributed by atoms with Gasteiger partial charge in [0.1, 0.15) is 0 Å². The van der Waals surface area contributed by atoms with Crippen LogP contribution in [0, 0.1) is 10.1 Å². The minimum Gasteiger partial charge on any atom is -0.394 e. The number of aliphatic hydroxyl groups is 1. The van der Waals surface area contributed by atoms with Crippen LogP contribution < -0.4 is 4.72 Å². The molecule has 2 rings (SSSR count). The third-order valence-electron chi connectivity index (χ3n) is 3.03. The fraction of sp³-hybridized carbons (Fsp3) is 0.143. The molecule has 0 amide bonds. The number of hydrogen-bond acceptors (Lipinski definition) is 5. The molecule has 8 heteroatoms. The summed E-state index contributed by atoms with van der Waals surface area (Å²) in [7, 11) is -4.15. The van der Waals surface area contributed by atoms with E-state index in [2.05, 4.69) is 4.72 Å². The van der Waals surface area contributed by atoms with E-state index in [9.17, 15) is 23.6 Å². The van der Waals surface area contributed by atoms with Crippen molar-refractivity contribution in [2.24, 2.45) is 0 Å². The molecule has 0 saturated heterocycles. The maximum absolute atomic E-state index is 12.4. The van der Waals surface area contributed by atoms with Gasteiger partial charge in [0, 0.05) is 6.07 Å². The highest BCUT2D eigenvalue weighted by Crippen LogP contribution is 2.24. The molecule has 2 aromatic rings. The smallest absolute Gasteiger partial charge is 0.289 e. The highest BCUT2D eigenvalue weighted by Gasteiger charge is 2.27. The first-order valence-electron chi connectivity index (χ1n) is 6.37. The molecule has 0 fully saturated rings. The number of benzene rings is 2. The summed E-state index contributed by atoms with van der Waals surface area (Å²) >= 11 is 0. The maximum atomic E-state index is 12.4. The molecule has 2 N–H and O–H groups in total. The van der Waals surface area contributed by atoms with Crippen molar-refractivity contribution in [1.82, 2.24) is 4.72 Å². The quantitative estimate of drug-likeness (QED) is 0.620. The molecule has 0 aliphatic rings. The van der Waals surface area contributed by atoms with Gasteiger partial charge in [-0.1, -0.05) is 42.5 Å². The Hall–Kier alpha value is -2.29. The second-order valence-electron chi connectivity index (χ2n) is 4.49. The third kappa shape index (κ3) is 3.48. The highest BCUT2D eigenvalue weighted by molar-refractivity contribution is 7.89. The molecule has 0 bridgehead atoms. The lowest BCUT2D eigenvalue weighted by Crippen LogP contribution is -2.31. The van der Waals surface area contributed by atoms with E-state index in [-0.39, 0.29) is 0 Å². The first-order chi connectivity index (χ1) is 10.5. The summed E-state index contributed by atoms with van der Waals surface area (Å²) in [5.41, 5.74) is 0.0481. The number of nitrogens with one attached hydrogen (secondary N) is 1. The minimum absolute atomic E-state index is 0.436. The van der Waals surface area contributed by atoms with Crippen molar-refractivity contribution in [2.75, 3.05) is 6.61 Å².